The molecule has 0 aliphatic heterocycles. The third kappa shape index (κ3) is 1.46. The van der Waals surface area contributed by atoms with E-state index in [4.69, 9.17) is 0 Å². The number of aryl methyl sites for hydroxylation is 3. The number of hydrogen-bond donors (Lipinski definition) is 0. The quantitative estimate of drug-likeness (QED) is 0.694. The summed E-state index contributed by atoms with van der Waals surface area (Å²) in [6, 6.07) is 5.91. The van der Waals surface area contributed by atoms with Crippen molar-refractivity contribution in [2.45, 2.75) is 20.3 Å². The second-order valence-corrected chi connectivity index (χ2v) is 3.92. The Morgan fingerprint density at radius 3 is 2.73 bits per heavy atom. The summed E-state index contributed by atoms with van der Waals surface area (Å²) in [5.74, 6) is 0. The zero-order valence-corrected chi connectivity index (χ0v) is 9.37. The predicted octanol–water partition coefficient (Wildman–Crippen LogP) is 2.41. The van der Waals surface area contributed by atoms with E-state index in [1.807, 2.05) is 25.4 Å². The smallest absolute Gasteiger partial charge is 0.258 e. The lowest BCUT2D eigenvalue weighted by molar-refractivity contribution is 0.856. The molecule has 0 amide bonds. The second-order valence-electron chi connectivity index (χ2n) is 3.92. The maximum atomic E-state index is 11.9. The van der Waals surface area contributed by atoms with Crippen LogP contribution in [0.1, 0.15) is 18.1 Å². The molecule has 2 heteroatoms. The maximum Gasteiger partial charge on any atom is 0.258 e. The SMILES string of the molecule is CCc1cn(C)c(=O)c2cccc(C)c12. The molecule has 2 rings (SSSR count). The number of nitrogens with zero attached hydrogens (tertiary/aromatic N) is 1. The van der Waals surface area contributed by atoms with Gasteiger partial charge in [-0.2, -0.15) is 0 Å². The Labute approximate surface area is 89.2 Å². The van der Waals surface area contributed by atoms with Gasteiger partial charge in [-0.25, -0.2) is 0 Å². The number of hydrogen-bond acceptors (Lipinski definition) is 1. The van der Waals surface area contributed by atoms with Crippen molar-refractivity contribution >= 4 is 10.8 Å². The summed E-state index contributed by atoms with van der Waals surface area (Å²) in [5, 5.41) is 1.96. The van der Waals surface area contributed by atoms with E-state index < -0.39 is 0 Å². The molecule has 0 fully saturated rings. The Kier molecular flexibility index (Phi) is 2.35. The van der Waals surface area contributed by atoms with Crippen LogP contribution in [0.2, 0.25) is 0 Å². The van der Waals surface area contributed by atoms with Crippen molar-refractivity contribution in [3.05, 3.63) is 45.9 Å². The van der Waals surface area contributed by atoms with Gasteiger partial charge in [0.05, 0.1) is 0 Å². The first kappa shape index (κ1) is 9.97. The number of benzene rings is 1. The Hall–Kier alpha value is -1.57. The first-order valence-corrected chi connectivity index (χ1v) is 5.23. The molecule has 0 aliphatic rings. The largest absolute Gasteiger partial charge is 0.318 e. The normalized spacial score (nSPS) is 10.9. The monoisotopic (exact) mass is 201 g/mol. The van der Waals surface area contributed by atoms with Crippen LogP contribution in [0, 0.1) is 6.92 Å². The van der Waals surface area contributed by atoms with E-state index in [1.165, 1.54) is 11.1 Å². The molecule has 1 aromatic heterocycles. The fourth-order valence-corrected chi connectivity index (χ4v) is 2.09. The fourth-order valence-electron chi connectivity index (χ4n) is 2.09. The molecule has 0 saturated heterocycles. The molecule has 0 unspecified atom stereocenters. The lowest BCUT2D eigenvalue weighted by Crippen LogP contribution is -2.17. The molecule has 0 spiro atoms. The van der Waals surface area contributed by atoms with Crippen LogP contribution in [-0.2, 0) is 13.5 Å². The highest BCUT2D eigenvalue weighted by atomic mass is 16.1. The highest BCUT2D eigenvalue weighted by Crippen LogP contribution is 2.19. The van der Waals surface area contributed by atoms with Gasteiger partial charge in [0, 0.05) is 18.6 Å². The summed E-state index contributed by atoms with van der Waals surface area (Å²) in [5.41, 5.74) is 2.51. The van der Waals surface area contributed by atoms with Crippen LogP contribution in [0.25, 0.3) is 10.8 Å². The van der Waals surface area contributed by atoms with Gasteiger partial charge in [0.25, 0.3) is 5.56 Å². The summed E-state index contributed by atoms with van der Waals surface area (Å²) in [4.78, 5) is 11.9. The molecular formula is C13H15NO. The maximum absolute atomic E-state index is 11.9. The van der Waals surface area contributed by atoms with Crippen LogP contribution < -0.4 is 5.56 Å². The second kappa shape index (κ2) is 3.54. The van der Waals surface area contributed by atoms with E-state index in [-0.39, 0.29) is 5.56 Å². The average Bonchev–Trinajstić information content (AvgIpc) is 2.23. The van der Waals surface area contributed by atoms with Gasteiger partial charge in [-0.1, -0.05) is 19.1 Å². The minimum atomic E-state index is 0.0888. The van der Waals surface area contributed by atoms with Crippen molar-refractivity contribution in [3.63, 3.8) is 0 Å². The van der Waals surface area contributed by atoms with E-state index >= 15 is 0 Å². The molecule has 0 bridgehead atoms. The summed E-state index contributed by atoms with van der Waals surface area (Å²) < 4.78 is 1.67. The van der Waals surface area contributed by atoms with E-state index in [2.05, 4.69) is 19.9 Å². The summed E-state index contributed by atoms with van der Waals surface area (Å²) in [6.07, 6.45) is 2.90. The molecule has 0 atom stereocenters. The van der Waals surface area contributed by atoms with Crippen LogP contribution in [0.3, 0.4) is 0 Å². The molecule has 0 aliphatic carbocycles. The van der Waals surface area contributed by atoms with Crippen molar-refractivity contribution < 1.29 is 0 Å². The van der Waals surface area contributed by atoms with E-state index in [0.29, 0.717) is 0 Å². The first-order chi connectivity index (χ1) is 7.15. The van der Waals surface area contributed by atoms with Gasteiger partial charge in [-0.15, -0.1) is 0 Å². The average molecular weight is 201 g/mol. The Morgan fingerprint density at radius 1 is 1.33 bits per heavy atom. The predicted molar refractivity (Wildman–Crippen MR) is 63.3 cm³/mol. The molecule has 15 heavy (non-hydrogen) atoms. The van der Waals surface area contributed by atoms with Gasteiger partial charge in [-0.05, 0) is 35.9 Å². The van der Waals surface area contributed by atoms with Gasteiger partial charge in [0.2, 0.25) is 0 Å². The van der Waals surface area contributed by atoms with Crippen molar-refractivity contribution in [1.29, 1.82) is 0 Å². The van der Waals surface area contributed by atoms with E-state index in [9.17, 15) is 4.79 Å². The van der Waals surface area contributed by atoms with Crippen molar-refractivity contribution in [2.24, 2.45) is 7.05 Å². The first-order valence-electron chi connectivity index (χ1n) is 5.23. The number of rotatable bonds is 1. The lowest BCUT2D eigenvalue weighted by Gasteiger charge is -2.09. The van der Waals surface area contributed by atoms with Gasteiger partial charge in [0.15, 0.2) is 0 Å². The summed E-state index contributed by atoms with van der Waals surface area (Å²) >= 11 is 0. The van der Waals surface area contributed by atoms with Crippen LogP contribution in [0.15, 0.2) is 29.2 Å². The molecule has 78 valence electrons. The minimum absolute atomic E-state index is 0.0888. The van der Waals surface area contributed by atoms with Gasteiger partial charge >= 0.3 is 0 Å². The fraction of sp³-hybridized carbons (Fsp3) is 0.308. The highest BCUT2D eigenvalue weighted by molar-refractivity contribution is 5.87. The standard InChI is InChI=1S/C13H15NO/c1-4-10-8-14(3)13(15)11-7-5-6-9(2)12(10)11/h5-8H,4H2,1-3H3. The van der Waals surface area contributed by atoms with Gasteiger partial charge in [0.1, 0.15) is 0 Å². The molecule has 0 saturated carbocycles. The molecule has 0 radical (unpaired) electrons. The van der Waals surface area contributed by atoms with Crippen LogP contribution in [-0.4, -0.2) is 4.57 Å². The molecule has 0 N–H and O–H groups in total. The van der Waals surface area contributed by atoms with E-state index in [0.717, 1.165) is 17.2 Å². The van der Waals surface area contributed by atoms with Crippen LogP contribution in [0.4, 0.5) is 0 Å². The number of pyridine rings is 1. The van der Waals surface area contributed by atoms with Gasteiger partial charge in [-0.3, -0.25) is 4.79 Å². The van der Waals surface area contributed by atoms with Crippen LogP contribution in [0.5, 0.6) is 0 Å². The summed E-state index contributed by atoms with van der Waals surface area (Å²) in [7, 11) is 1.81. The Bertz CT molecular complexity index is 566. The highest BCUT2D eigenvalue weighted by Gasteiger charge is 2.07. The number of fused-ring (bicyclic) bond motifs is 1. The number of aromatic nitrogens is 1. The molecular weight excluding hydrogens is 186 g/mol. The van der Waals surface area contributed by atoms with Crippen molar-refractivity contribution in [3.8, 4) is 0 Å². The van der Waals surface area contributed by atoms with Crippen molar-refractivity contribution in [2.75, 3.05) is 0 Å². The van der Waals surface area contributed by atoms with Gasteiger partial charge < -0.3 is 4.57 Å². The third-order valence-electron chi connectivity index (χ3n) is 2.88. The van der Waals surface area contributed by atoms with E-state index in [1.54, 1.807) is 4.57 Å². The summed E-state index contributed by atoms with van der Waals surface area (Å²) in [6.45, 7) is 4.17. The Balaban J connectivity index is 3.03. The lowest BCUT2D eigenvalue weighted by atomic mass is 10.0. The Morgan fingerprint density at radius 2 is 2.07 bits per heavy atom. The third-order valence-corrected chi connectivity index (χ3v) is 2.88. The van der Waals surface area contributed by atoms with Crippen molar-refractivity contribution in [1.82, 2.24) is 4.57 Å². The molecule has 1 aromatic carbocycles. The van der Waals surface area contributed by atoms with Crippen LogP contribution >= 0.6 is 0 Å². The molecule has 1 heterocycles. The minimum Gasteiger partial charge on any atom is -0.318 e. The topological polar surface area (TPSA) is 22.0 Å². The molecule has 2 aromatic rings. The zero-order chi connectivity index (χ0) is 11.0. The molecule has 2 nitrogen and oxygen atoms in total. The zero-order valence-electron chi connectivity index (χ0n) is 9.37.